The van der Waals surface area contributed by atoms with Crippen LogP contribution in [0.5, 0.6) is 0 Å². The van der Waals surface area contributed by atoms with Gasteiger partial charge in [-0.2, -0.15) is 0 Å². The molecule has 3 nitrogen and oxygen atoms in total. The van der Waals surface area contributed by atoms with Gasteiger partial charge in [-0.15, -0.1) is 0 Å². The fraction of sp³-hybridized carbons (Fsp3) is 0.500. The van der Waals surface area contributed by atoms with Crippen molar-refractivity contribution in [2.24, 2.45) is 0 Å². The van der Waals surface area contributed by atoms with Crippen molar-refractivity contribution in [3.63, 3.8) is 0 Å². The van der Waals surface area contributed by atoms with E-state index < -0.39 is 0 Å². The molecular weight excluding hydrogens is 210 g/mol. The number of imidazole rings is 1. The quantitative estimate of drug-likeness (QED) is 0.763. The van der Waals surface area contributed by atoms with E-state index in [2.05, 4.69) is 31.4 Å². The molecule has 0 atom stereocenters. The predicted octanol–water partition coefficient (Wildman–Crippen LogP) is 3.25. The maximum Gasteiger partial charge on any atom is 0.115 e. The molecule has 1 saturated carbocycles. The van der Waals surface area contributed by atoms with Gasteiger partial charge in [-0.05, 0) is 25.0 Å². The molecule has 1 aromatic heterocycles. The van der Waals surface area contributed by atoms with E-state index >= 15 is 0 Å². The van der Waals surface area contributed by atoms with Crippen LogP contribution in [0.2, 0.25) is 0 Å². The van der Waals surface area contributed by atoms with Crippen LogP contribution in [-0.2, 0) is 5.41 Å². The molecule has 1 fully saturated rings. The summed E-state index contributed by atoms with van der Waals surface area (Å²) in [7, 11) is 0. The zero-order chi connectivity index (χ0) is 12.2. The van der Waals surface area contributed by atoms with Crippen molar-refractivity contribution in [2.75, 3.05) is 5.73 Å². The van der Waals surface area contributed by atoms with Gasteiger partial charge in [0.15, 0.2) is 0 Å². The molecule has 1 aliphatic carbocycles. The van der Waals surface area contributed by atoms with Crippen molar-refractivity contribution in [1.82, 2.24) is 9.55 Å². The molecule has 17 heavy (non-hydrogen) atoms. The number of hydrogen-bond donors (Lipinski definition) is 1. The molecule has 0 saturated heterocycles. The summed E-state index contributed by atoms with van der Waals surface area (Å²) in [5, 5.41) is 0. The van der Waals surface area contributed by atoms with E-state index in [1.54, 1.807) is 0 Å². The highest BCUT2D eigenvalue weighted by Gasteiger charge is 2.32. The first-order chi connectivity index (χ1) is 7.98. The second-order valence-electron chi connectivity index (χ2n) is 6.00. The van der Waals surface area contributed by atoms with Crippen LogP contribution in [0.4, 0.5) is 5.69 Å². The van der Waals surface area contributed by atoms with Gasteiger partial charge in [-0.1, -0.05) is 26.8 Å². The van der Waals surface area contributed by atoms with Crippen LogP contribution in [0.1, 0.15) is 45.5 Å². The lowest BCUT2D eigenvalue weighted by Gasteiger charge is -2.19. The van der Waals surface area contributed by atoms with Crippen LogP contribution in [-0.4, -0.2) is 9.55 Å². The van der Waals surface area contributed by atoms with Gasteiger partial charge >= 0.3 is 0 Å². The Hall–Kier alpha value is -1.51. The van der Waals surface area contributed by atoms with Crippen LogP contribution in [0.3, 0.4) is 0 Å². The fourth-order valence-electron chi connectivity index (χ4n) is 2.37. The van der Waals surface area contributed by atoms with E-state index in [1.807, 2.05) is 12.1 Å². The lowest BCUT2D eigenvalue weighted by atomic mass is 9.95. The summed E-state index contributed by atoms with van der Waals surface area (Å²) in [6, 6.07) is 6.71. The van der Waals surface area contributed by atoms with E-state index in [0.29, 0.717) is 6.04 Å². The summed E-state index contributed by atoms with van der Waals surface area (Å²) in [6.07, 6.45) is 2.53. The number of fused-ring (bicyclic) bond motifs is 1. The molecule has 1 aliphatic rings. The molecule has 0 spiro atoms. The van der Waals surface area contributed by atoms with E-state index in [9.17, 15) is 0 Å². The molecule has 0 unspecified atom stereocenters. The summed E-state index contributed by atoms with van der Waals surface area (Å²) in [5.74, 6) is 1.16. The van der Waals surface area contributed by atoms with Gasteiger partial charge in [0, 0.05) is 11.5 Å². The van der Waals surface area contributed by atoms with Crippen molar-refractivity contribution in [3.05, 3.63) is 24.0 Å². The van der Waals surface area contributed by atoms with Gasteiger partial charge in [0.2, 0.25) is 0 Å². The van der Waals surface area contributed by atoms with Gasteiger partial charge in [0.1, 0.15) is 11.3 Å². The van der Waals surface area contributed by atoms with Crippen molar-refractivity contribution in [3.8, 4) is 0 Å². The molecule has 0 bridgehead atoms. The largest absolute Gasteiger partial charge is 0.397 e. The summed E-state index contributed by atoms with van der Waals surface area (Å²) in [6.45, 7) is 6.63. The smallest absolute Gasteiger partial charge is 0.115 e. The van der Waals surface area contributed by atoms with E-state index in [1.165, 1.54) is 18.4 Å². The average Bonchev–Trinajstić information content (AvgIpc) is 2.98. The highest BCUT2D eigenvalue weighted by Crippen LogP contribution is 2.41. The molecule has 0 aliphatic heterocycles. The van der Waals surface area contributed by atoms with Gasteiger partial charge < -0.3 is 10.3 Å². The predicted molar refractivity (Wildman–Crippen MR) is 71.1 cm³/mol. The highest BCUT2D eigenvalue weighted by atomic mass is 15.1. The first-order valence-corrected chi connectivity index (χ1v) is 6.25. The zero-order valence-corrected chi connectivity index (χ0v) is 10.7. The molecular formula is C14H19N3. The molecule has 3 rings (SSSR count). The summed E-state index contributed by atoms with van der Waals surface area (Å²) >= 11 is 0. The van der Waals surface area contributed by atoms with Gasteiger partial charge in [-0.3, -0.25) is 0 Å². The molecule has 1 aromatic carbocycles. The fourth-order valence-corrected chi connectivity index (χ4v) is 2.37. The number of nitrogens with two attached hydrogens (primary N) is 1. The monoisotopic (exact) mass is 229 g/mol. The van der Waals surface area contributed by atoms with Crippen LogP contribution in [0.15, 0.2) is 18.2 Å². The minimum Gasteiger partial charge on any atom is -0.397 e. The van der Waals surface area contributed by atoms with Crippen molar-refractivity contribution >= 4 is 16.7 Å². The molecule has 90 valence electrons. The summed E-state index contributed by atoms with van der Waals surface area (Å²) in [5.41, 5.74) is 9.03. The van der Waals surface area contributed by atoms with Crippen LogP contribution >= 0.6 is 0 Å². The third-order valence-electron chi connectivity index (χ3n) is 3.33. The Bertz CT molecular complexity index is 571. The van der Waals surface area contributed by atoms with Gasteiger partial charge in [0.05, 0.1) is 11.2 Å². The lowest BCUT2D eigenvalue weighted by Crippen LogP contribution is -2.18. The number of anilines is 1. The Morgan fingerprint density at radius 2 is 2.00 bits per heavy atom. The number of benzene rings is 1. The Morgan fingerprint density at radius 1 is 1.29 bits per heavy atom. The molecule has 2 aromatic rings. The molecule has 0 radical (unpaired) electrons. The Morgan fingerprint density at radius 3 is 2.59 bits per heavy atom. The minimum atomic E-state index is 0.0635. The van der Waals surface area contributed by atoms with E-state index in [0.717, 1.165) is 17.0 Å². The SMILES string of the molecule is CC(C)(C)c1nc2c(N)cccc2n1C1CC1. The van der Waals surface area contributed by atoms with Gasteiger partial charge in [0.25, 0.3) is 0 Å². The van der Waals surface area contributed by atoms with Gasteiger partial charge in [-0.25, -0.2) is 4.98 Å². The Labute approximate surface area is 102 Å². The zero-order valence-electron chi connectivity index (χ0n) is 10.7. The Kier molecular flexibility index (Phi) is 2.03. The first-order valence-electron chi connectivity index (χ1n) is 6.25. The van der Waals surface area contributed by atoms with Crippen LogP contribution in [0, 0.1) is 0 Å². The van der Waals surface area contributed by atoms with Crippen molar-refractivity contribution in [2.45, 2.75) is 45.1 Å². The third kappa shape index (κ3) is 1.61. The topological polar surface area (TPSA) is 43.8 Å². The van der Waals surface area contributed by atoms with Crippen molar-refractivity contribution < 1.29 is 0 Å². The molecule has 1 heterocycles. The van der Waals surface area contributed by atoms with E-state index in [-0.39, 0.29) is 5.41 Å². The average molecular weight is 229 g/mol. The molecule has 2 N–H and O–H groups in total. The second kappa shape index (κ2) is 3.25. The lowest BCUT2D eigenvalue weighted by molar-refractivity contribution is 0.507. The first kappa shape index (κ1) is 10.6. The maximum absolute atomic E-state index is 6.03. The molecule has 3 heteroatoms. The maximum atomic E-state index is 6.03. The second-order valence-corrected chi connectivity index (χ2v) is 6.00. The standard InChI is InChI=1S/C14H19N3/c1-14(2,3)13-16-12-10(15)5-4-6-11(12)17(13)9-7-8-9/h4-6,9H,7-8,15H2,1-3H3. The van der Waals surface area contributed by atoms with Crippen LogP contribution < -0.4 is 5.73 Å². The Balaban J connectivity index is 2.34. The third-order valence-corrected chi connectivity index (χ3v) is 3.33. The number of aromatic nitrogens is 2. The number of hydrogen-bond acceptors (Lipinski definition) is 2. The van der Waals surface area contributed by atoms with Crippen molar-refractivity contribution in [1.29, 1.82) is 0 Å². The van der Waals surface area contributed by atoms with E-state index in [4.69, 9.17) is 10.7 Å². The summed E-state index contributed by atoms with van der Waals surface area (Å²) < 4.78 is 2.39. The normalized spacial score (nSPS) is 16.6. The number of nitrogens with zero attached hydrogens (tertiary/aromatic N) is 2. The number of rotatable bonds is 1. The summed E-state index contributed by atoms with van der Waals surface area (Å²) in [4.78, 5) is 4.78. The molecule has 0 amide bonds. The number of para-hydroxylation sites is 1. The highest BCUT2D eigenvalue weighted by molar-refractivity contribution is 5.88. The minimum absolute atomic E-state index is 0.0635. The number of nitrogen functional groups attached to an aromatic ring is 1. The van der Waals surface area contributed by atoms with Crippen LogP contribution in [0.25, 0.3) is 11.0 Å².